The number of methoxy groups -OCH3 is 1. The maximum atomic E-state index is 11.3. The van der Waals surface area contributed by atoms with Crippen LogP contribution in [0.15, 0.2) is 0 Å². The van der Waals surface area contributed by atoms with E-state index in [4.69, 9.17) is 4.74 Å². The number of ketones is 1. The molecule has 2 aliphatic heterocycles. The van der Waals surface area contributed by atoms with Gasteiger partial charge in [0.05, 0.1) is 12.1 Å². The molecule has 0 aromatic rings. The summed E-state index contributed by atoms with van der Waals surface area (Å²) in [4.78, 5) is 11.3. The summed E-state index contributed by atoms with van der Waals surface area (Å²) in [5.74, 6) is 0.333. The predicted octanol–water partition coefficient (Wildman–Crippen LogP) is 0.0948. The number of ether oxygens (including phenoxy) is 1. The van der Waals surface area contributed by atoms with Gasteiger partial charge in [0, 0.05) is 19.6 Å². The van der Waals surface area contributed by atoms with Gasteiger partial charge in [-0.1, -0.05) is 0 Å². The van der Waals surface area contributed by atoms with Crippen LogP contribution in [-0.2, 0) is 9.53 Å². The van der Waals surface area contributed by atoms with Crippen molar-refractivity contribution in [2.24, 2.45) is 0 Å². The molecular weight excluding hydrogens is 142 g/mol. The minimum atomic E-state index is -0.00116. The third-order valence-corrected chi connectivity index (χ3v) is 2.68. The number of rotatable bonds is 1. The van der Waals surface area contributed by atoms with Crippen molar-refractivity contribution >= 4 is 5.78 Å². The summed E-state index contributed by atoms with van der Waals surface area (Å²) in [7, 11) is 1.68. The second kappa shape index (κ2) is 2.57. The van der Waals surface area contributed by atoms with Crippen molar-refractivity contribution in [1.82, 2.24) is 5.32 Å². The third kappa shape index (κ3) is 1.08. The summed E-state index contributed by atoms with van der Waals surface area (Å²) in [5.41, 5.74) is 0. The van der Waals surface area contributed by atoms with Gasteiger partial charge in [-0.3, -0.25) is 4.79 Å². The topological polar surface area (TPSA) is 38.3 Å². The molecule has 11 heavy (non-hydrogen) atoms. The molecule has 0 radical (unpaired) electrons. The molecule has 2 saturated heterocycles. The van der Waals surface area contributed by atoms with Gasteiger partial charge in [-0.2, -0.15) is 0 Å². The molecule has 2 bridgehead atoms. The van der Waals surface area contributed by atoms with E-state index in [0.717, 1.165) is 12.8 Å². The highest BCUT2D eigenvalue weighted by molar-refractivity contribution is 5.87. The Morgan fingerprint density at radius 3 is 3.09 bits per heavy atom. The maximum absolute atomic E-state index is 11.3. The summed E-state index contributed by atoms with van der Waals surface area (Å²) in [6.45, 7) is 0. The zero-order valence-corrected chi connectivity index (χ0v) is 6.67. The number of piperidine rings is 1. The van der Waals surface area contributed by atoms with Crippen LogP contribution < -0.4 is 5.32 Å². The van der Waals surface area contributed by atoms with Gasteiger partial charge in [0.1, 0.15) is 0 Å². The molecule has 3 heteroatoms. The Bertz CT molecular complexity index is 181. The molecular formula is C8H13NO2. The van der Waals surface area contributed by atoms with E-state index in [2.05, 4.69) is 5.32 Å². The molecule has 0 aliphatic carbocycles. The fourth-order valence-corrected chi connectivity index (χ4v) is 2.06. The molecule has 62 valence electrons. The molecule has 2 rings (SSSR count). The molecule has 0 amide bonds. The number of nitrogens with one attached hydrogen (secondary N) is 1. The number of fused-ring (bicyclic) bond motifs is 2. The molecule has 0 spiro atoms. The Kier molecular flexibility index (Phi) is 1.69. The van der Waals surface area contributed by atoms with Gasteiger partial charge in [0.2, 0.25) is 0 Å². The highest BCUT2D eigenvalue weighted by atomic mass is 16.5. The van der Waals surface area contributed by atoms with Gasteiger partial charge in [0.25, 0.3) is 0 Å². The van der Waals surface area contributed by atoms with Gasteiger partial charge in [-0.15, -0.1) is 0 Å². The first-order chi connectivity index (χ1) is 5.31. The van der Waals surface area contributed by atoms with Gasteiger partial charge >= 0.3 is 0 Å². The van der Waals surface area contributed by atoms with Crippen LogP contribution in [0.25, 0.3) is 0 Å². The number of hydrogen-bond donors (Lipinski definition) is 1. The van der Waals surface area contributed by atoms with E-state index in [0.29, 0.717) is 18.2 Å². The molecule has 0 aromatic carbocycles. The van der Waals surface area contributed by atoms with Crippen LogP contribution in [0, 0.1) is 0 Å². The molecule has 1 N–H and O–H groups in total. The lowest BCUT2D eigenvalue weighted by atomic mass is 10.0. The minimum absolute atomic E-state index is 0.00116. The van der Waals surface area contributed by atoms with Gasteiger partial charge in [-0.25, -0.2) is 0 Å². The van der Waals surface area contributed by atoms with Crippen LogP contribution in [0.3, 0.4) is 0 Å². The fraction of sp³-hybridized carbons (Fsp3) is 0.875. The van der Waals surface area contributed by atoms with Crippen LogP contribution in [0.2, 0.25) is 0 Å². The molecule has 0 saturated carbocycles. The SMILES string of the molecule is CO[C@@H]1CC[C@@H]2CC(=O)[C@H]1N2. The summed E-state index contributed by atoms with van der Waals surface area (Å²) < 4.78 is 5.21. The largest absolute Gasteiger partial charge is 0.379 e. The Balaban J connectivity index is 2.12. The normalized spacial score (nSPS) is 43.0. The lowest BCUT2D eigenvalue weighted by Crippen LogP contribution is -2.46. The first-order valence-corrected chi connectivity index (χ1v) is 4.13. The summed E-state index contributed by atoms with van der Waals surface area (Å²) in [6.07, 6.45) is 2.96. The first-order valence-electron chi connectivity index (χ1n) is 4.13. The van der Waals surface area contributed by atoms with Crippen molar-refractivity contribution in [2.45, 2.75) is 37.5 Å². The third-order valence-electron chi connectivity index (χ3n) is 2.68. The number of carbonyl (C=O) groups is 1. The van der Waals surface area contributed by atoms with Crippen molar-refractivity contribution in [1.29, 1.82) is 0 Å². The molecule has 3 nitrogen and oxygen atoms in total. The van der Waals surface area contributed by atoms with Crippen LogP contribution in [0.4, 0.5) is 0 Å². The minimum Gasteiger partial charge on any atom is -0.379 e. The van der Waals surface area contributed by atoms with Crippen molar-refractivity contribution < 1.29 is 9.53 Å². The average molecular weight is 155 g/mol. The zero-order valence-electron chi connectivity index (χ0n) is 6.67. The molecule has 2 heterocycles. The van der Waals surface area contributed by atoms with Crippen molar-refractivity contribution in [3.63, 3.8) is 0 Å². The Morgan fingerprint density at radius 2 is 2.36 bits per heavy atom. The molecule has 0 unspecified atom stereocenters. The maximum Gasteiger partial charge on any atom is 0.153 e. The summed E-state index contributed by atoms with van der Waals surface area (Å²) >= 11 is 0. The van der Waals surface area contributed by atoms with Gasteiger partial charge in [0.15, 0.2) is 5.78 Å². The number of carbonyl (C=O) groups excluding carboxylic acids is 1. The monoisotopic (exact) mass is 155 g/mol. The smallest absolute Gasteiger partial charge is 0.153 e. The van der Waals surface area contributed by atoms with Crippen molar-refractivity contribution in [3.8, 4) is 0 Å². The predicted molar refractivity (Wildman–Crippen MR) is 40.4 cm³/mol. The highest BCUT2D eigenvalue weighted by Crippen LogP contribution is 2.25. The molecule has 3 atom stereocenters. The molecule has 2 fully saturated rings. The molecule has 2 aliphatic rings. The van der Waals surface area contributed by atoms with E-state index < -0.39 is 0 Å². The lowest BCUT2D eigenvalue weighted by Gasteiger charge is -2.27. The highest BCUT2D eigenvalue weighted by Gasteiger charge is 2.41. The average Bonchev–Trinajstić information content (AvgIpc) is 2.30. The van der Waals surface area contributed by atoms with E-state index in [9.17, 15) is 4.79 Å². The second-order valence-corrected chi connectivity index (χ2v) is 3.36. The van der Waals surface area contributed by atoms with Crippen LogP contribution in [-0.4, -0.2) is 31.1 Å². The van der Waals surface area contributed by atoms with Gasteiger partial charge in [-0.05, 0) is 12.8 Å². The Morgan fingerprint density at radius 1 is 1.55 bits per heavy atom. The number of Topliss-reactive ketones (excluding diaryl/α,β-unsaturated/α-hetero) is 1. The number of hydrogen-bond acceptors (Lipinski definition) is 3. The van der Waals surface area contributed by atoms with Crippen molar-refractivity contribution in [2.75, 3.05) is 7.11 Å². The Hall–Kier alpha value is -0.410. The van der Waals surface area contributed by atoms with Crippen LogP contribution in [0.1, 0.15) is 19.3 Å². The van der Waals surface area contributed by atoms with E-state index in [1.54, 1.807) is 7.11 Å². The fourth-order valence-electron chi connectivity index (χ4n) is 2.06. The van der Waals surface area contributed by atoms with Crippen LogP contribution in [0.5, 0.6) is 0 Å². The first kappa shape index (κ1) is 7.25. The van der Waals surface area contributed by atoms with E-state index in [1.807, 2.05) is 0 Å². The van der Waals surface area contributed by atoms with Crippen molar-refractivity contribution in [3.05, 3.63) is 0 Å². The van der Waals surface area contributed by atoms with Crippen LogP contribution >= 0.6 is 0 Å². The second-order valence-electron chi connectivity index (χ2n) is 3.36. The van der Waals surface area contributed by atoms with E-state index >= 15 is 0 Å². The van der Waals surface area contributed by atoms with Gasteiger partial charge < -0.3 is 10.1 Å². The molecule has 0 aromatic heterocycles. The summed E-state index contributed by atoms with van der Waals surface area (Å²) in [5, 5.41) is 3.27. The zero-order chi connectivity index (χ0) is 7.84. The van der Waals surface area contributed by atoms with E-state index in [1.165, 1.54) is 0 Å². The Labute approximate surface area is 66.1 Å². The lowest BCUT2D eigenvalue weighted by molar-refractivity contribution is -0.121. The van der Waals surface area contributed by atoms with E-state index in [-0.39, 0.29) is 12.1 Å². The quantitative estimate of drug-likeness (QED) is 0.583. The summed E-state index contributed by atoms with van der Waals surface area (Å²) in [6, 6.07) is 0.442. The standard InChI is InChI=1S/C8H13NO2/c1-11-7-3-2-5-4-6(10)8(7)9-5/h5,7-9H,2-4H2,1H3/t5-,7-,8-/m1/s1.